The highest BCUT2D eigenvalue weighted by Gasteiger charge is 2.62. The molecular weight excluding hydrogens is 395 g/mol. The lowest BCUT2D eigenvalue weighted by atomic mass is 10.1. The van der Waals surface area contributed by atoms with Crippen LogP contribution in [0.4, 0.5) is 17.6 Å². The average molecular weight is 406 g/mol. The molecule has 0 spiro atoms. The van der Waals surface area contributed by atoms with E-state index in [-0.39, 0.29) is 16.5 Å². The third kappa shape index (κ3) is 3.51. The van der Waals surface area contributed by atoms with Crippen LogP contribution >= 0.6 is 34.8 Å². The zero-order valence-corrected chi connectivity index (χ0v) is 14.6. The van der Waals surface area contributed by atoms with E-state index in [0.717, 1.165) is 0 Å². The first-order chi connectivity index (χ1) is 11.0. The molecule has 0 bridgehead atoms. The van der Waals surface area contributed by atoms with Crippen molar-refractivity contribution in [1.29, 1.82) is 0 Å². The van der Waals surface area contributed by atoms with Crippen molar-refractivity contribution in [2.45, 2.75) is 20.2 Å². The summed E-state index contributed by atoms with van der Waals surface area (Å²) in [6.45, 7) is 3.41. The number of halogens is 7. The highest BCUT2D eigenvalue weighted by Crippen LogP contribution is 2.60. The van der Waals surface area contributed by atoms with Gasteiger partial charge in [0, 0.05) is 0 Å². The van der Waals surface area contributed by atoms with Crippen molar-refractivity contribution in [3.05, 3.63) is 44.7 Å². The molecule has 1 saturated carbocycles. The molecule has 1 aliphatic rings. The zero-order chi connectivity index (χ0) is 18.4. The summed E-state index contributed by atoms with van der Waals surface area (Å²) in [6.07, 6.45) is -1.23. The van der Waals surface area contributed by atoms with Gasteiger partial charge in [0.05, 0.1) is 11.5 Å². The van der Waals surface area contributed by atoms with Crippen molar-refractivity contribution in [2.75, 3.05) is 0 Å². The molecule has 0 N–H and O–H groups in total. The van der Waals surface area contributed by atoms with Crippen LogP contribution < -0.4 is 0 Å². The van der Waals surface area contributed by atoms with Crippen molar-refractivity contribution in [2.24, 2.45) is 17.3 Å². The van der Waals surface area contributed by atoms with Crippen LogP contribution in [0.15, 0.2) is 16.6 Å². The van der Waals surface area contributed by atoms with Crippen LogP contribution in [0.3, 0.4) is 0 Å². The van der Waals surface area contributed by atoms with Crippen LogP contribution in [0.2, 0.25) is 5.02 Å². The summed E-state index contributed by atoms with van der Waals surface area (Å²) in [5, 5.41) is -1.22. The van der Waals surface area contributed by atoms with E-state index in [1.54, 1.807) is 13.8 Å². The summed E-state index contributed by atoms with van der Waals surface area (Å²) >= 11 is 16.3. The Morgan fingerprint density at radius 1 is 1.29 bits per heavy atom. The van der Waals surface area contributed by atoms with Crippen LogP contribution in [0, 0.1) is 34.7 Å². The molecule has 2 nitrogen and oxygen atoms in total. The second-order valence-electron chi connectivity index (χ2n) is 5.92. The molecule has 0 aromatic heterocycles. The number of allylic oxidation sites excluding steroid dienone is 1. The Hall–Kier alpha value is -0.980. The molecule has 1 fully saturated rings. The summed E-state index contributed by atoms with van der Waals surface area (Å²) in [6, 6.07) is 0.250. The number of rotatable bonds is 4. The highest BCUT2D eigenvalue weighted by atomic mass is 35.5. The standard InChI is InChI=1S/C15H11Cl3F4O2/c1-15(2)6(4-8(16)17)9(15)14(23)24-13(22)5-3-7(19)12(21)10(18)11(5)20/h3-4,6,9,13H,1-2H3. The molecule has 0 amide bonds. The first-order valence-electron chi connectivity index (χ1n) is 6.68. The molecular formula is C15H11Cl3F4O2. The van der Waals surface area contributed by atoms with E-state index in [0.29, 0.717) is 0 Å². The van der Waals surface area contributed by atoms with E-state index < -0.39 is 51.7 Å². The van der Waals surface area contributed by atoms with Crippen LogP contribution in [-0.4, -0.2) is 5.97 Å². The van der Waals surface area contributed by atoms with Gasteiger partial charge in [0.15, 0.2) is 17.5 Å². The van der Waals surface area contributed by atoms with Crippen LogP contribution in [-0.2, 0) is 9.53 Å². The van der Waals surface area contributed by atoms with Gasteiger partial charge in [0.2, 0.25) is 0 Å². The topological polar surface area (TPSA) is 26.3 Å². The van der Waals surface area contributed by atoms with Crippen molar-refractivity contribution in [3.8, 4) is 0 Å². The van der Waals surface area contributed by atoms with Crippen molar-refractivity contribution < 1.29 is 27.1 Å². The van der Waals surface area contributed by atoms with E-state index in [4.69, 9.17) is 34.8 Å². The average Bonchev–Trinajstić information content (AvgIpc) is 3.00. The summed E-state index contributed by atoms with van der Waals surface area (Å²) in [5.74, 6) is -6.87. The predicted molar refractivity (Wildman–Crippen MR) is 81.8 cm³/mol. The quantitative estimate of drug-likeness (QED) is 0.271. The molecule has 3 atom stereocenters. The number of esters is 1. The molecule has 0 saturated heterocycles. The second-order valence-corrected chi connectivity index (χ2v) is 7.31. The minimum absolute atomic E-state index is 0.0568. The van der Waals surface area contributed by atoms with Crippen LogP contribution in [0.1, 0.15) is 25.8 Å². The molecule has 3 unspecified atom stereocenters. The Kier molecular flexibility index (Phi) is 5.43. The number of hydrogen-bond donors (Lipinski definition) is 0. The molecule has 24 heavy (non-hydrogen) atoms. The maximum atomic E-state index is 14.1. The van der Waals surface area contributed by atoms with Gasteiger partial charge in [-0.05, 0) is 23.5 Å². The SMILES string of the molecule is CC1(C)C(C=C(Cl)Cl)C1C(=O)OC(F)c1cc(F)c(F)c(Cl)c1F. The Labute approximate surface area is 150 Å². The van der Waals surface area contributed by atoms with E-state index in [2.05, 4.69) is 4.74 Å². The fourth-order valence-corrected chi connectivity index (χ4v) is 3.04. The lowest BCUT2D eigenvalue weighted by Gasteiger charge is -2.13. The van der Waals surface area contributed by atoms with Gasteiger partial charge in [-0.2, -0.15) is 4.39 Å². The zero-order valence-electron chi connectivity index (χ0n) is 12.3. The molecule has 0 heterocycles. The molecule has 0 aliphatic heterocycles. The molecule has 1 aliphatic carbocycles. The van der Waals surface area contributed by atoms with Crippen molar-refractivity contribution in [3.63, 3.8) is 0 Å². The smallest absolute Gasteiger partial charge is 0.312 e. The molecule has 132 valence electrons. The van der Waals surface area contributed by atoms with Gasteiger partial charge in [0.25, 0.3) is 6.36 Å². The number of carbonyl (C=O) groups is 1. The first-order valence-corrected chi connectivity index (χ1v) is 7.82. The van der Waals surface area contributed by atoms with Gasteiger partial charge in [-0.3, -0.25) is 4.79 Å². The normalized spacial score (nSPS) is 22.7. The Morgan fingerprint density at radius 3 is 2.42 bits per heavy atom. The predicted octanol–water partition coefficient (Wildman–Crippen LogP) is 5.86. The monoisotopic (exact) mass is 404 g/mol. The van der Waals surface area contributed by atoms with Gasteiger partial charge in [-0.1, -0.05) is 48.7 Å². The van der Waals surface area contributed by atoms with Crippen LogP contribution in [0.5, 0.6) is 0 Å². The largest absolute Gasteiger partial charge is 0.426 e. The molecule has 1 aromatic rings. The van der Waals surface area contributed by atoms with E-state index >= 15 is 0 Å². The van der Waals surface area contributed by atoms with Gasteiger partial charge in [-0.25, -0.2) is 13.2 Å². The number of alkyl halides is 1. The number of ether oxygens (including phenoxy) is 1. The maximum Gasteiger partial charge on any atom is 0.312 e. The fourth-order valence-electron chi connectivity index (χ4n) is 2.57. The lowest BCUT2D eigenvalue weighted by Crippen LogP contribution is -2.14. The molecule has 9 heteroatoms. The van der Waals surface area contributed by atoms with Crippen molar-refractivity contribution >= 4 is 40.8 Å². The lowest BCUT2D eigenvalue weighted by molar-refractivity contribution is -0.161. The van der Waals surface area contributed by atoms with E-state index in [1.807, 2.05) is 0 Å². The summed E-state index contributed by atoms with van der Waals surface area (Å²) in [7, 11) is 0. The molecule has 1 aromatic carbocycles. The molecule has 2 rings (SSSR count). The third-order valence-corrected chi connectivity index (χ3v) is 4.65. The second kappa shape index (κ2) is 6.73. The first kappa shape index (κ1) is 19.3. The minimum atomic E-state index is -2.64. The van der Waals surface area contributed by atoms with Crippen molar-refractivity contribution in [1.82, 2.24) is 0 Å². The minimum Gasteiger partial charge on any atom is -0.426 e. The third-order valence-electron chi connectivity index (χ3n) is 4.07. The summed E-state index contributed by atoms with van der Waals surface area (Å²) < 4.78 is 58.6. The Bertz CT molecular complexity index is 717. The highest BCUT2D eigenvalue weighted by molar-refractivity contribution is 6.55. The van der Waals surface area contributed by atoms with Gasteiger partial charge >= 0.3 is 5.97 Å². The summed E-state index contributed by atoms with van der Waals surface area (Å²) in [4.78, 5) is 12.0. The number of carbonyl (C=O) groups excluding carboxylic acids is 1. The van der Waals surface area contributed by atoms with Gasteiger partial charge < -0.3 is 4.74 Å². The maximum absolute atomic E-state index is 14.1. The Morgan fingerprint density at radius 2 is 1.88 bits per heavy atom. The Balaban J connectivity index is 2.18. The van der Waals surface area contributed by atoms with Gasteiger partial charge in [0.1, 0.15) is 9.51 Å². The fraction of sp³-hybridized carbons (Fsp3) is 0.400. The van der Waals surface area contributed by atoms with Gasteiger partial charge in [-0.15, -0.1) is 0 Å². The molecule has 0 radical (unpaired) electrons. The number of hydrogen-bond acceptors (Lipinski definition) is 2. The van der Waals surface area contributed by atoms with Crippen LogP contribution in [0.25, 0.3) is 0 Å². The number of benzene rings is 1. The van der Waals surface area contributed by atoms with E-state index in [1.165, 1.54) is 6.08 Å². The van der Waals surface area contributed by atoms with E-state index in [9.17, 15) is 22.4 Å². The summed E-state index contributed by atoms with van der Waals surface area (Å²) in [5.41, 5.74) is -1.59.